The van der Waals surface area contributed by atoms with Crippen molar-refractivity contribution in [3.63, 3.8) is 0 Å². The van der Waals surface area contributed by atoms with Crippen LogP contribution in [0.1, 0.15) is 0 Å². The number of halogens is 1. The van der Waals surface area contributed by atoms with Crippen LogP contribution in [0.3, 0.4) is 0 Å². The van der Waals surface area contributed by atoms with Crippen LogP contribution in [0.15, 0.2) is 53.3 Å². The lowest BCUT2D eigenvalue weighted by Gasteiger charge is -2.30. The number of hydrogen-bond acceptors (Lipinski definition) is 3. The second-order valence-corrected chi connectivity index (χ2v) is 7.64. The highest BCUT2D eigenvalue weighted by Gasteiger charge is 2.23. The summed E-state index contributed by atoms with van der Waals surface area (Å²) >= 11 is 6.01. The predicted octanol–water partition coefficient (Wildman–Crippen LogP) is 1.07. The first kappa shape index (κ1) is 18.7. The number of nitrogens with zero attached hydrogens (tertiary/aromatic N) is 3. The highest BCUT2D eigenvalue weighted by molar-refractivity contribution is 6.30. The molecule has 144 valence electrons. The van der Waals surface area contributed by atoms with Gasteiger partial charge in [-0.25, -0.2) is 4.68 Å². The van der Waals surface area contributed by atoms with E-state index >= 15 is 0 Å². The van der Waals surface area contributed by atoms with Crippen molar-refractivity contribution in [3.8, 4) is 11.3 Å². The maximum Gasteiger partial charge on any atom is 0.275 e. The average molecular weight is 398 g/mol. The van der Waals surface area contributed by atoms with Gasteiger partial charge in [0, 0.05) is 16.0 Å². The van der Waals surface area contributed by atoms with E-state index in [9.17, 15) is 9.59 Å². The molecular weight excluding hydrogens is 376 g/mol. The van der Waals surface area contributed by atoms with Gasteiger partial charge in [-0.3, -0.25) is 9.59 Å². The van der Waals surface area contributed by atoms with Gasteiger partial charge in [-0.2, -0.15) is 5.10 Å². The van der Waals surface area contributed by atoms with Crippen LogP contribution in [0, 0.1) is 0 Å². The average Bonchev–Trinajstić information content (AvgIpc) is 2.71. The molecule has 3 aromatic rings. The van der Waals surface area contributed by atoms with Gasteiger partial charge in [0.25, 0.3) is 5.56 Å². The number of fused-ring (bicyclic) bond motifs is 1. The molecule has 28 heavy (non-hydrogen) atoms. The summed E-state index contributed by atoms with van der Waals surface area (Å²) in [5, 5.41) is 6.51. The summed E-state index contributed by atoms with van der Waals surface area (Å²) in [4.78, 5) is 28.9. The van der Waals surface area contributed by atoms with E-state index in [0.717, 1.165) is 24.0 Å². The molecule has 0 spiro atoms. The Balaban J connectivity index is 1.74. The third kappa shape index (κ3) is 3.66. The number of quaternary nitrogens is 1. The highest BCUT2D eigenvalue weighted by atomic mass is 35.5. The monoisotopic (exact) mass is 397 g/mol. The van der Waals surface area contributed by atoms with Gasteiger partial charge in [-0.1, -0.05) is 41.9 Å². The molecule has 4 rings (SSSR count). The number of carbonyl (C=O) groups excluding carboxylic acids is 1. The number of benzene rings is 2. The Morgan fingerprint density at radius 3 is 2.39 bits per heavy atom. The number of aromatic nitrogens is 2. The molecule has 1 saturated heterocycles. The van der Waals surface area contributed by atoms with Crippen LogP contribution in [0.2, 0.25) is 5.02 Å². The van der Waals surface area contributed by atoms with Crippen LogP contribution in [0.25, 0.3) is 22.0 Å². The SMILES string of the molecule is C[NH+]1CCN(C(=O)Cn2nc(-c3ccc(Cl)cc3)c3ccccc3c2=O)CC1. The minimum Gasteiger partial charge on any atom is -0.334 e. The van der Waals surface area contributed by atoms with E-state index < -0.39 is 0 Å². The summed E-state index contributed by atoms with van der Waals surface area (Å²) in [5.41, 5.74) is 1.27. The van der Waals surface area contributed by atoms with Crippen molar-refractivity contribution in [2.45, 2.75) is 6.54 Å². The van der Waals surface area contributed by atoms with E-state index in [2.05, 4.69) is 12.1 Å². The fourth-order valence-electron chi connectivity index (χ4n) is 3.53. The predicted molar refractivity (Wildman–Crippen MR) is 110 cm³/mol. The summed E-state index contributed by atoms with van der Waals surface area (Å²) in [6.45, 7) is 3.20. The number of rotatable bonds is 3. The third-order valence-corrected chi connectivity index (χ3v) is 5.49. The second kappa shape index (κ2) is 7.73. The Labute approximate surface area is 167 Å². The molecule has 2 heterocycles. The van der Waals surface area contributed by atoms with Crippen LogP contribution in [0.4, 0.5) is 0 Å². The van der Waals surface area contributed by atoms with Crippen LogP contribution in [-0.2, 0) is 11.3 Å². The number of hydrogen-bond donors (Lipinski definition) is 1. The minimum absolute atomic E-state index is 0.0523. The van der Waals surface area contributed by atoms with Gasteiger partial charge in [0.15, 0.2) is 0 Å². The van der Waals surface area contributed by atoms with Crippen LogP contribution < -0.4 is 10.5 Å². The summed E-state index contributed by atoms with van der Waals surface area (Å²) in [6.07, 6.45) is 0. The van der Waals surface area contributed by atoms with Crippen molar-refractivity contribution >= 4 is 28.3 Å². The molecule has 1 amide bonds. The Morgan fingerprint density at radius 2 is 1.71 bits per heavy atom. The van der Waals surface area contributed by atoms with Gasteiger partial charge in [0.05, 0.1) is 44.3 Å². The van der Waals surface area contributed by atoms with E-state index in [0.29, 0.717) is 29.2 Å². The number of carbonyl (C=O) groups is 1. The van der Waals surface area contributed by atoms with E-state index in [4.69, 9.17) is 11.6 Å². The molecule has 6 nitrogen and oxygen atoms in total. The first-order valence-corrected chi connectivity index (χ1v) is 9.75. The molecule has 0 radical (unpaired) electrons. The molecule has 1 aliphatic rings. The summed E-state index contributed by atoms with van der Waals surface area (Å²) in [5.74, 6) is -0.0700. The van der Waals surface area contributed by atoms with E-state index in [1.165, 1.54) is 9.58 Å². The van der Waals surface area contributed by atoms with Crippen LogP contribution in [0.5, 0.6) is 0 Å². The van der Waals surface area contributed by atoms with Crippen molar-refractivity contribution < 1.29 is 9.69 Å². The normalized spacial score (nSPS) is 15.1. The third-order valence-electron chi connectivity index (χ3n) is 5.24. The number of amides is 1. The van der Waals surface area contributed by atoms with Crippen molar-refractivity contribution in [1.29, 1.82) is 0 Å². The molecule has 0 aliphatic carbocycles. The Bertz CT molecular complexity index is 1070. The van der Waals surface area contributed by atoms with Gasteiger partial charge in [-0.15, -0.1) is 0 Å². The smallest absolute Gasteiger partial charge is 0.275 e. The molecular formula is C21H22ClN4O2+. The van der Waals surface area contributed by atoms with E-state index in [-0.39, 0.29) is 18.0 Å². The summed E-state index contributed by atoms with van der Waals surface area (Å²) in [6, 6.07) is 14.7. The van der Waals surface area contributed by atoms with Gasteiger partial charge in [0.1, 0.15) is 6.54 Å². The van der Waals surface area contributed by atoms with Gasteiger partial charge in [-0.05, 0) is 18.2 Å². The Morgan fingerprint density at radius 1 is 1.07 bits per heavy atom. The zero-order chi connectivity index (χ0) is 19.7. The Kier molecular flexibility index (Phi) is 5.15. The lowest BCUT2D eigenvalue weighted by molar-refractivity contribution is -0.883. The van der Waals surface area contributed by atoms with Crippen molar-refractivity contribution in [3.05, 3.63) is 63.9 Å². The topological polar surface area (TPSA) is 59.6 Å². The van der Waals surface area contributed by atoms with Crippen molar-refractivity contribution in [2.24, 2.45) is 0 Å². The zero-order valence-corrected chi connectivity index (χ0v) is 16.4. The summed E-state index contributed by atoms with van der Waals surface area (Å²) < 4.78 is 1.29. The number of piperazine rings is 1. The van der Waals surface area contributed by atoms with Gasteiger partial charge in [0.2, 0.25) is 5.91 Å². The van der Waals surface area contributed by atoms with Crippen LogP contribution in [-0.4, -0.2) is 53.8 Å². The quantitative estimate of drug-likeness (QED) is 0.719. The maximum absolute atomic E-state index is 12.9. The molecule has 0 atom stereocenters. The van der Waals surface area contributed by atoms with E-state index in [1.54, 1.807) is 18.2 Å². The zero-order valence-electron chi connectivity index (χ0n) is 15.7. The molecule has 0 saturated carbocycles. The lowest BCUT2D eigenvalue weighted by atomic mass is 10.1. The molecule has 0 bridgehead atoms. The van der Waals surface area contributed by atoms with Crippen molar-refractivity contribution in [1.82, 2.24) is 14.7 Å². The van der Waals surface area contributed by atoms with Gasteiger partial charge < -0.3 is 9.80 Å². The lowest BCUT2D eigenvalue weighted by Crippen LogP contribution is -3.12. The molecule has 0 unspecified atom stereocenters. The highest BCUT2D eigenvalue weighted by Crippen LogP contribution is 2.25. The molecule has 1 aromatic heterocycles. The fourth-order valence-corrected chi connectivity index (χ4v) is 3.66. The molecule has 1 aliphatic heterocycles. The molecule has 2 aromatic carbocycles. The fraction of sp³-hybridized carbons (Fsp3) is 0.286. The first-order valence-electron chi connectivity index (χ1n) is 9.38. The molecule has 7 heteroatoms. The Hall–Kier alpha value is -2.70. The minimum atomic E-state index is -0.249. The molecule has 1 fully saturated rings. The van der Waals surface area contributed by atoms with Crippen molar-refractivity contribution in [2.75, 3.05) is 33.2 Å². The standard InChI is InChI=1S/C21H21ClN4O2/c1-24-10-12-25(13-11-24)19(27)14-26-21(28)18-5-3-2-4-17(18)20(23-26)15-6-8-16(22)9-7-15/h2-9H,10-14H2,1H3/p+1. The van der Waals surface area contributed by atoms with E-state index in [1.807, 2.05) is 35.2 Å². The number of nitrogens with one attached hydrogen (secondary N) is 1. The first-order chi connectivity index (χ1) is 13.5. The van der Waals surface area contributed by atoms with Crippen LogP contribution >= 0.6 is 11.6 Å². The number of likely N-dealkylation sites (N-methyl/N-ethyl adjacent to an activating group) is 1. The second-order valence-electron chi connectivity index (χ2n) is 7.20. The van der Waals surface area contributed by atoms with Gasteiger partial charge >= 0.3 is 0 Å². The molecule has 1 N–H and O–H groups in total. The maximum atomic E-state index is 12.9. The largest absolute Gasteiger partial charge is 0.334 e. The summed E-state index contributed by atoms with van der Waals surface area (Å²) in [7, 11) is 2.12.